The van der Waals surface area contributed by atoms with E-state index in [2.05, 4.69) is 124 Å². The fourth-order valence-corrected chi connectivity index (χ4v) is 8.29. The Morgan fingerprint density at radius 3 is 1.56 bits per heavy atom. The third-order valence-corrected chi connectivity index (χ3v) is 10.6. The molecular weight excluding hydrogens is 641 g/mol. The summed E-state index contributed by atoms with van der Waals surface area (Å²) < 4.78 is 17.1. The zero-order chi connectivity index (χ0) is 33.9. The van der Waals surface area contributed by atoms with Crippen LogP contribution in [0.25, 0.3) is 110 Å². The van der Waals surface area contributed by atoms with E-state index in [1.165, 1.54) is 5.39 Å². The van der Waals surface area contributed by atoms with Crippen LogP contribution in [0.15, 0.2) is 167 Å². The summed E-state index contributed by atoms with van der Waals surface area (Å²) in [5.74, 6) is 0.834. The first-order valence-corrected chi connectivity index (χ1v) is 17.4. The van der Waals surface area contributed by atoms with E-state index in [-0.39, 0.29) is 0 Å². The van der Waals surface area contributed by atoms with Gasteiger partial charge in [-0.05, 0) is 72.8 Å². The van der Waals surface area contributed by atoms with Crippen LogP contribution < -0.4 is 0 Å². The Morgan fingerprint density at radius 2 is 0.942 bits per heavy atom. The molecule has 0 unspecified atom stereocenters. The first kappa shape index (κ1) is 27.6. The van der Waals surface area contributed by atoms with Crippen molar-refractivity contribution in [2.24, 2.45) is 0 Å². The molecule has 0 aliphatic heterocycles. The summed E-state index contributed by atoms with van der Waals surface area (Å²) in [5, 5.41) is 9.02. The maximum atomic E-state index is 6.28. The summed E-state index contributed by atoms with van der Waals surface area (Å²) in [6, 6.07) is 50.7. The molecule has 0 radical (unpaired) electrons. The fourth-order valence-electron chi connectivity index (χ4n) is 8.29. The molecule has 0 saturated heterocycles. The third kappa shape index (κ3) is 3.78. The molecular formula is C46H26N4O2. The van der Waals surface area contributed by atoms with Crippen LogP contribution in [0.4, 0.5) is 0 Å². The predicted molar refractivity (Wildman–Crippen MR) is 211 cm³/mol. The minimum absolute atomic E-state index is 0.834. The quantitative estimate of drug-likeness (QED) is 0.188. The van der Waals surface area contributed by atoms with Gasteiger partial charge in [-0.15, -0.1) is 0 Å². The lowest BCUT2D eigenvalue weighted by Crippen LogP contribution is -1.98. The highest BCUT2D eigenvalue weighted by Crippen LogP contribution is 2.40. The van der Waals surface area contributed by atoms with E-state index in [1.807, 2.05) is 42.7 Å². The average Bonchev–Trinajstić information content (AvgIpc) is 3.93. The molecule has 0 aliphatic carbocycles. The summed E-state index contributed by atoms with van der Waals surface area (Å²) in [6.45, 7) is 0. The highest BCUT2D eigenvalue weighted by atomic mass is 16.3. The Balaban J connectivity index is 1.01. The van der Waals surface area contributed by atoms with Crippen LogP contribution in [-0.4, -0.2) is 19.1 Å². The van der Waals surface area contributed by atoms with Crippen LogP contribution in [-0.2, 0) is 0 Å². The molecule has 0 spiro atoms. The summed E-state index contributed by atoms with van der Waals surface area (Å²) >= 11 is 0. The van der Waals surface area contributed by atoms with Gasteiger partial charge in [-0.2, -0.15) is 0 Å². The molecule has 242 valence electrons. The van der Waals surface area contributed by atoms with Crippen molar-refractivity contribution >= 4 is 87.5 Å². The van der Waals surface area contributed by atoms with Gasteiger partial charge in [0.05, 0.1) is 39.6 Å². The number of fused-ring (bicyclic) bond motifs is 12. The minimum atomic E-state index is 0.834. The number of pyridine rings is 2. The molecule has 0 bridgehead atoms. The van der Waals surface area contributed by atoms with Crippen molar-refractivity contribution in [3.8, 4) is 22.8 Å². The molecule has 12 rings (SSSR count). The van der Waals surface area contributed by atoms with Crippen LogP contribution in [0, 0.1) is 0 Å². The zero-order valence-electron chi connectivity index (χ0n) is 27.6. The molecule has 0 N–H and O–H groups in total. The first-order valence-electron chi connectivity index (χ1n) is 17.4. The third-order valence-electron chi connectivity index (χ3n) is 10.6. The second kappa shape index (κ2) is 10.2. The van der Waals surface area contributed by atoms with E-state index >= 15 is 0 Å². The maximum Gasteiger partial charge on any atom is 0.138 e. The number of hydrogen-bond donors (Lipinski definition) is 0. The average molecular weight is 667 g/mol. The number of hydrogen-bond acceptors (Lipinski definition) is 4. The van der Waals surface area contributed by atoms with Crippen LogP contribution in [0.1, 0.15) is 0 Å². The lowest BCUT2D eigenvalue weighted by molar-refractivity contribution is 0.669. The normalized spacial score (nSPS) is 12.2. The van der Waals surface area contributed by atoms with Crippen molar-refractivity contribution < 1.29 is 8.83 Å². The smallest absolute Gasteiger partial charge is 0.138 e. The second-order valence-corrected chi connectivity index (χ2v) is 13.4. The van der Waals surface area contributed by atoms with Crippen LogP contribution in [0.5, 0.6) is 0 Å². The van der Waals surface area contributed by atoms with Gasteiger partial charge in [0.1, 0.15) is 28.1 Å². The van der Waals surface area contributed by atoms with Crippen molar-refractivity contribution in [2.45, 2.75) is 0 Å². The van der Waals surface area contributed by atoms with E-state index in [1.54, 1.807) is 0 Å². The van der Waals surface area contributed by atoms with Crippen molar-refractivity contribution in [1.82, 2.24) is 19.1 Å². The number of nitrogens with zero attached hydrogens (tertiary/aromatic N) is 4. The van der Waals surface area contributed by atoms with Crippen LogP contribution in [0.3, 0.4) is 0 Å². The van der Waals surface area contributed by atoms with Crippen LogP contribution in [0.2, 0.25) is 0 Å². The molecule has 0 atom stereocenters. The molecule has 6 nitrogen and oxygen atoms in total. The van der Waals surface area contributed by atoms with Gasteiger partial charge in [0, 0.05) is 54.9 Å². The van der Waals surface area contributed by atoms with Gasteiger partial charge >= 0.3 is 0 Å². The largest absolute Gasteiger partial charge is 0.456 e. The van der Waals surface area contributed by atoms with Crippen LogP contribution >= 0.6 is 0 Å². The van der Waals surface area contributed by atoms with Gasteiger partial charge in [0.2, 0.25) is 0 Å². The second-order valence-electron chi connectivity index (χ2n) is 13.4. The van der Waals surface area contributed by atoms with Crippen molar-refractivity contribution in [1.29, 1.82) is 0 Å². The number of aromatic nitrogens is 4. The van der Waals surface area contributed by atoms with E-state index in [4.69, 9.17) is 18.8 Å². The molecule has 0 amide bonds. The van der Waals surface area contributed by atoms with E-state index < -0.39 is 0 Å². The molecule has 0 aliphatic rings. The number of para-hydroxylation sites is 4. The van der Waals surface area contributed by atoms with Gasteiger partial charge in [-0.25, -0.2) is 4.98 Å². The molecule has 0 fully saturated rings. The van der Waals surface area contributed by atoms with E-state index in [0.717, 1.165) is 105 Å². The summed E-state index contributed by atoms with van der Waals surface area (Å²) in [5.41, 5.74) is 10.8. The molecule has 0 saturated carbocycles. The Bertz CT molecular complexity index is 3410. The Morgan fingerprint density at radius 1 is 0.385 bits per heavy atom. The molecule has 6 heteroatoms. The minimum Gasteiger partial charge on any atom is -0.456 e. The van der Waals surface area contributed by atoms with E-state index in [9.17, 15) is 0 Å². The number of rotatable bonds is 3. The fraction of sp³-hybridized carbons (Fsp3) is 0. The molecule has 6 aromatic heterocycles. The van der Waals surface area contributed by atoms with Gasteiger partial charge in [0.15, 0.2) is 0 Å². The number of furan rings is 2. The predicted octanol–water partition coefficient (Wildman–Crippen LogP) is 12.1. The van der Waals surface area contributed by atoms with E-state index in [0.29, 0.717) is 0 Å². The van der Waals surface area contributed by atoms with Gasteiger partial charge < -0.3 is 13.4 Å². The lowest BCUT2D eigenvalue weighted by Gasteiger charge is -2.11. The summed E-state index contributed by atoms with van der Waals surface area (Å²) in [4.78, 5) is 9.95. The SMILES string of the molecule is c1ccc2c(c1)oc1cc3c4ccccc4n(-c4ccc(-c5ccnc(-n6c7ccccc7c7cc8oc9ccccc9c8cc76)c5)nc4)c3cc12. The highest BCUT2D eigenvalue weighted by Gasteiger charge is 2.19. The lowest BCUT2D eigenvalue weighted by atomic mass is 10.1. The van der Waals surface area contributed by atoms with Gasteiger partial charge in [-0.1, -0.05) is 72.8 Å². The topological polar surface area (TPSA) is 61.9 Å². The monoisotopic (exact) mass is 666 g/mol. The standard InChI is InChI=1S/C46H26N4O2/c1-5-13-38-29(9-1)33-24-44-35(31-11-3-7-15-42(31)51-44)22-40(33)49(38)28-17-18-37(48-26-28)27-19-20-47-46(21-27)50-39-14-6-2-10-30(39)34-25-45-36(23-41(34)50)32-12-4-8-16-43(32)52-45/h1-26H. The Hall–Kier alpha value is -7.18. The highest BCUT2D eigenvalue weighted by molar-refractivity contribution is 6.18. The molecule has 12 aromatic rings. The van der Waals surface area contributed by atoms with Gasteiger partial charge in [-0.3, -0.25) is 9.55 Å². The van der Waals surface area contributed by atoms with Gasteiger partial charge in [0.25, 0.3) is 0 Å². The summed E-state index contributed by atoms with van der Waals surface area (Å²) in [7, 11) is 0. The first-order chi connectivity index (χ1) is 25.8. The van der Waals surface area contributed by atoms with Crippen molar-refractivity contribution in [3.63, 3.8) is 0 Å². The van der Waals surface area contributed by atoms with Crippen molar-refractivity contribution in [3.05, 3.63) is 158 Å². The van der Waals surface area contributed by atoms with Crippen molar-refractivity contribution in [2.75, 3.05) is 0 Å². The Labute approximate surface area is 295 Å². The molecule has 52 heavy (non-hydrogen) atoms. The number of benzene rings is 6. The zero-order valence-corrected chi connectivity index (χ0v) is 27.6. The molecule has 6 aromatic carbocycles. The Kier molecular flexibility index (Phi) is 5.41. The summed E-state index contributed by atoms with van der Waals surface area (Å²) in [6.07, 6.45) is 3.85. The maximum absolute atomic E-state index is 6.28. The molecule has 6 heterocycles.